The molecule has 3 nitrogen and oxygen atoms in total. The van der Waals surface area contributed by atoms with Gasteiger partial charge in [0.15, 0.2) is 0 Å². The molecule has 21 heavy (non-hydrogen) atoms. The molecule has 0 fully saturated rings. The number of aryl methyl sites for hydroxylation is 1. The summed E-state index contributed by atoms with van der Waals surface area (Å²) in [6, 6.07) is 13.2. The van der Waals surface area contributed by atoms with Gasteiger partial charge in [-0.05, 0) is 54.5 Å². The summed E-state index contributed by atoms with van der Waals surface area (Å²) in [7, 11) is 0. The van der Waals surface area contributed by atoms with Gasteiger partial charge in [-0.2, -0.15) is 0 Å². The third-order valence-corrected chi connectivity index (χ3v) is 3.82. The van der Waals surface area contributed by atoms with E-state index in [9.17, 15) is 4.79 Å². The fourth-order valence-electron chi connectivity index (χ4n) is 1.71. The van der Waals surface area contributed by atoms with Crippen LogP contribution < -0.4 is 10.6 Å². The lowest BCUT2D eigenvalue weighted by molar-refractivity contribution is 0.255. The van der Waals surface area contributed by atoms with Crippen LogP contribution in [-0.4, -0.2) is 6.03 Å². The molecule has 108 valence electrons. The third-order valence-electron chi connectivity index (χ3n) is 2.80. The zero-order valence-electron chi connectivity index (χ0n) is 11.4. The summed E-state index contributed by atoms with van der Waals surface area (Å²) in [5.41, 5.74) is 2.79. The summed E-state index contributed by atoms with van der Waals surface area (Å²) in [5.74, 6) is 0. The molecule has 2 aromatic rings. The number of benzene rings is 2. The van der Waals surface area contributed by atoms with Crippen LogP contribution in [0.3, 0.4) is 0 Å². The zero-order chi connectivity index (χ0) is 15.2. The number of hydrogen-bond acceptors (Lipinski definition) is 1. The average Bonchev–Trinajstić information content (AvgIpc) is 2.44. The Morgan fingerprint density at radius 1 is 1.05 bits per heavy atom. The first-order valence-corrected chi connectivity index (χ1v) is 7.89. The van der Waals surface area contributed by atoms with Crippen molar-refractivity contribution in [1.29, 1.82) is 0 Å². The Labute approximate surface area is 140 Å². The second-order valence-corrected chi connectivity index (χ2v) is 6.27. The van der Waals surface area contributed by atoms with Gasteiger partial charge in [-0.3, -0.25) is 0 Å². The summed E-state index contributed by atoms with van der Waals surface area (Å²) in [5, 5.41) is 5.49. The molecule has 0 spiro atoms. The van der Waals surface area contributed by atoms with Crippen molar-refractivity contribution < 1.29 is 4.79 Å². The van der Waals surface area contributed by atoms with Crippen LogP contribution in [-0.2, 0) is 0 Å². The Morgan fingerprint density at radius 3 is 2.38 bits per heavy atom. The molecular formula is C16H14Br2N2O. The lowest BCUT2D eigenvalue weighted by Crippen LogP contribution is -2.24. The quantitative estimate of drug-likeness (QED) is 0.708. The van der Waals surface area contributed by atoms with Gasteiger partial charge in [0, 0.05) is 20.8 Å². The summed E-state index contributed by atoms with van der Waals surface area (Å²) in [4.78, 5) is 11.8. The summed E-state index contributed by atoms with van der Waals surface area (Å²) in [6.45, 7) is 1.94. The predicted molar refractivity (Wildman–Crippen MR) is 94.2 cm³/mol. The molecule has 0 unspecified atom stereocenters. The molecule has 2 aromatic carbocycles. The predicted octanol–water partition coefficient (Wildman–Crippen LogP) is 5.31. The molecule has 0 radical (unpaired) electrons. The van der Waals surface area contributed by atoms with E-state index in [1.54, 1.807) is 6.20 Å². The topological polar surface area (TPSA) is 41.1 Å². The number of nitrogens with one attached hydrogen (secondary N) is 2. The van der Waals surface area contributed by atoms with Gasteiger partial charge < -0.3 is 10.6 Å². The molecule has 0 aliphatic carbocycles. The molecule has 0 heterocycles. The number of urea groups is 1. The fourth-order valence-corrected chi connectivity index (χ4v) is 2.45. The standard InChI is InChI=1S/C16H14Br2N2O/c1-11-10-14(18)6-7-15(11)20-16(21)19-9-8-12-2-4-13(17)5-3-12/h2-10H,1H3,(H2,19,20,21)/b9-8+. The van der Waals surface area contributed by atoms with Gasteiger partial charge >= 0.3 is 6.03 Å². The number of carbonyl (C=O) groups excluding carboxylic acids is 1. The molecule has 5 heteroatoms. The average molecular weight is 410 g/mol. The molecule has 0 aromatic heterocycles. The van der Waals surface area contributed by atoms with E-state index in [0.29, 0.717) is 0 Å². The van der Waals surface area contributed by atoms with E-state index in [1.807, 2.05) is 55.5 Å². The molecule has 0 saturated heterocycles. The fraction of sp³-hybridized carbons (Fsp3) is 0.0625. The summed E-state index contributed by atoms with van der Waals surface area (Å²) >= 11 is 6.77. The van der Waals surface area contributed by atoms with Gasteiger partial charge in [-0.1, -0.05) is 44.0 Å². The Bertz CT molecular complexity index is 666. The van der Waals surface area contributed by atoms with Gasteiger partial charge in [-0.25, -0.2) is 4.79 Å². The van der Waals surface area contributed by atoms with E-state index in [2.05, 4.69) is 42.5 Å². The zero-order valence-corrected chi connectivity index (χ0v) is 14.5. The molecule has 2 amide bonds. The van der Waals surface area contributed by atoms with Crippen molar-refractivity contribution in [3.63, 3.8) is 0 Å². The van der Waals surface area contributed by atoms with Crippen LogP contribution in [0.4, 0.5) is 10.5 Å². The van der Waals surface area contributed by atoms with E-state index < -0.39 is 0 Å². The normalized spacial score (nSPS) is 10.6. The summed E-state index contributed by atoms with van der Waals surface area (Å²) in [6.07, 6.45) is 3.45. The highest BCUT2D eigenvalue weighted by molar-refractivity contribution is 9.10. The van der Waals surface area contributed by atoms with E-state index in [4.69, 9.17) is 0 Å². The Balaban J connectivity index is 1.91. The van der Waals surface area contributed by atoms with Crippen molar-refractivity contribution in [1.82, 2.24) is 5.32 Å². The highest BCUT2D eigenvalue weighted by Crippen LogP contribution is 2.19. The van der Waals surface area contributed by atoms with Crippen LogP contribution in [0.25, 0.3) is 6.08 Å². The number of carbonyl (C=O) groups is 1. The van der Waals surface area contributed by atoms with Crippen molar-refractivity contribution in [2.75, 3.05) is 5.32 Å². The second kappa shape index (κ2) is 7.43. The van der Waals surface area contributed by atoms with Crippen molar-refractivity contribution in [3.8, 4) is 0 Å². The second-order valence-electron chi connectivity index (χ2n) is 4.44. The molecule has 2 N–H and O–H groups in total. The number of amides is 2. The van der Waals surface area contributed by atoms with Crippen LogP contribution >= 0.6 is 31.9 Å². The maximum Gasteiger partial charge on any atom is 0.323 e. The van der Waals surface area contributed by atoms with E-state index in [0.717, 1.165) is 25.8 Å². The van der Waals surface area contributed by atoms with Crippen molar-refractivity contribution >= 4 is 49.7 Å². The van der Waals surface area contributed by atoms with E-state index >= 15 is 0 Å². The minimum atomic E-state index is -0.270. The highest BCUT2D eigenvalue weighted by atomic mass is 79.9. The number of halogens is 2. The van der Waals surface area contributed by atoms with E-state index in [-0.39, 0.29) is 6.03 Å². The highest BCUT2D eigenvalue weighted by Gasteiger charge is 2.02. The first-order chi connectivity index (χ1) is 10.0. The van der Waals surface area contributed by atoms with Crippen LogP contribution in [0.15, 0.2) is 57.6 Å². The summed E-state index contributed by atoms with van der Waals surface area (Å²) < 4.78 is 2.01. The maximum absolute atomic E-state index is 11.8. The molecular weight excluding hydrogens is 396 g/mol. The Hall–Kier alpha value is -1.59. The van der Waals surface area contributed by atoms with Gasteiger partial charge in [0.2, 0.25) is 0 Å². The minimum Gasteiger partial charge on any atom is -0.314 e. The number of hydrogen-bond donors (Lipinski definition) is 2. The lowest BCUT2D eigenvalue weighted by atomic mass is 10.2. The molecule has 2 rings (SSSR count). The maximum atomic E-state index is 11.8. The Kier molecular flexibility index (Phi) is 5.59. The van der Waals surface area contributed by atoms with Crippen LogP contribution in [0.1, 0.15) is 11.1 Å². The monoisotopic (exact) mass is 408 g/mol. The molecule has 0 saturated carbocycles. The van der Waals surface area contributed by atoms with Crippen LogP contribution in [0, 0.1) is 6.92 Å². The first-order valence-electron chi connectivity index (χ1n) is 6.30. The van der Waals surface area contributed by atoms with E-state index in [1.165, 1.54) is 0 Å². The van der Waals surface area contributed by atoms with Gasteiger partial charge in [0.25, 0.3) is 0 Å². The third kappa shape index (κ3) is 5.02. The first kappa shape index (κ1) is 15.8. The van der Waals surface area contributed by atoms with Crippen molar-refractivity contribution in [3.05, 3.63) is 68.7 Å². The minimum absolute atomic E-state index is 0.270. The van der Waals surface area contributed by atoms with Gasteiger partial charge in [0.1, 0.15) is 0 Å². The smallest absolute Gasteiger partial charge is 0.314 e. The molecule has 0 aliphatic rings. The SMILES string of the molecule is Cc1cc(Br)ccc1NC(=O)N/C=C/c1ccc(Br)cc1. The number of rotatable bonds is 3. The van der Waals surface area contributed by atoms with Crippen molar-refractivity contribution in [2.24, 2.45) is 0 Å². The van der Waals surface area contributed by atoms with Gasteiger partial charge in [-0.15, -0.1) is 0 Å². The molecule has 0 aliphatic heterocycles. The lowest BCUT2D eigenvalue weighted by Gasteiger charge is -2.08. The molecule has 0 atom stereocenters. The van der Waals surface area contributed by atoms with Crippen molar-refractivity contribution in [2.45, 2.75) is 6.92 Å². The number of anilines is 1. The van der Waals surface area contributed by atoms with Gasteiger partial charge in [0.05, 0.1) is 0 Å². The molecule has 0 bridgehead atoms. The Morgan fingerprint density at radius 2 is 1.71 bits per heavy atom. The van der Waals surface area contributed by atoms with Crippen LogP contribution in [0.5, 0.6) is 0 Å². The largest absolute Gasteiger partial charge is 0.323 e. The van der Waals surface area contributed by atoms with Crippen LogP contribution in [0.2, 0.25) is 0 Å².